The summed E-state index contributed by atoms with van der Waals surface area (Å²) < 4.78 is 60.2. The molecule has 0 spiro atoms. The third kappa shape index (κ3) is 4.56. The number of rotatable bonds is 8. The first-order valence-corrected chi connectivity index (χ1v) is 14.2. The van der Waals surface area contributed by atoms with Gasteiger partial charge in [0.05, 0.1) is 50.7 Å². The number of urea groups is 1. The molecule has 2 aromatic carbocycles. The number of benzene rings is 2. The van der Waals surface area contributed by atoms with Crippen LogP contribution in [-0.4, -0.2) is 69.9 Å². The van der Waals surface area contributed by atoms with E-state index in [0.29, 0.717) is 4.31 Å². The third-order valence-electron chi connectivity index (χ3n) is 7.00. The average molecular weight is 610 g/mol. The highest BCUT2D eigenvalue weighted by Gasteiger charge is 2.60. The maximum absolute atomic E-state index is 15.2. The number of pyridine rings is 1. The number of amides is 3. The first-order chi connectivity index (χ1) is 20.5. The predicted molar refractivity (Wildman–Crippen MR) is 147 cm³/mol. The van der Waals surface area contributed by atoms with Gasteiger partial charge < -0.3 is 24.4 Å². The molecule has 2 aliphatic rings. The predicted octanol–water partition coefficient (Wildman–Crippen LogP) is 2.08. The summed E-state index contributed by atoms with van der Waals surface area (Å²) in [5.41, 5.74) is -3.70. The Hall–Kier alpha value is -5.23. The normalized spacial score (nSPS) is 17.6. The second kappa shape index (κ2) is 10.9. The molecule has 1 aromatic heterocycles. The maximum Gasteiger partial charge on any atom is 0.319 e. The molecule has 1 N–H and O–H groups in total. The molecule has 3 amide bonds. The van der Waals surface area contributed by atoms with E-state index < -0.39 is 49.5 Å². The number of Topliss-reactive ketones (excluding diaryl/α,β-unsaturated/α-hetero) is 1. The van der Waals surface area contributed by atoms with E-state index in [0.717, 1.165) is 23.1 Å². The third-order valence-corrected chi connectivity index (χ3v) is 8.73. The van der Waals surface area contributed by atoms with Crippen LogP contribution in [0.25, 0.3) is 0 Å². The van der Waals surface area contributed by atoms with Crippen LogP contribution in [0.3, 0.4) is 0 Å². The van der Waals surface area contributed by atoms with Gasteiger partial charge in [-0.3, -0.25) is 9.59 Å². The van der Waals surface area contributed by atoms with Crippen molar-refractivity contribution >= 4 is 33.4 Å². The fourth-order valence-electron chi connectivity index (χ4n) is 4.96. The zero-order valence-corrected chi connectivity index (χ0v) is 23.9. The number of nitrogens with one attached hydrogen (secondary N) is 1. The molecule has 3 aromatic rings. The number of methoxy groups -OCH3 is 2. The van der Waals surface area contributed by atoms with E-state index in [9.17, 15) is 28.1 Å². The number of ether oxygens (including phenoxy) is 3. The SMILES string of the molecule is CCOc1ncccc1C1(NC(=O)N2CC(=O)C2)C(=O)N(S(=O)(=O)c2ccc(OC)cc2OC)c2cc(F)c(C#N)cc21. The van der Waals surface area contributed by atoms with Crippen LogP contribution >= 0.6 is 0 Å². The number of sulfonamides is 1. The van der Waals surface area contributed by atoms with Crippen molar-refractivity contribution in [3.05, 3.63) is 71.2 Å². The topological polar surface area (TPSA) is 168 Å². The minimum atomic E-state index is -4.89. The number of nitrogens with zero attached hydrogens (tertiary/aromatic N) is 4. The molecule has 3 heterocycles. The van der Waals surface area contributed by atoms with Crippen LogP contribution in [0.15, 0.2) is 53.6 Å². The molecule has 1 atom stereocenters. The summed E-state index contributed by atoms with van der Waals surface area (Å²) in [6, 6.07) is 9.12. The second-order valence-corrected chi connectivity index (χ2v) is 11.2. The van der Waals surface area contributed by atoms with E-state index in [-0.39, 0.29) is 54.0 Å². The van der Waals surface area contributed by atoms with Gasteiger partial charge in [0, 0.05) is 23.9 Å². The molecule has 1 unspecified atom stereocenters. The molecule has 13 nitrogen and oxygen atoms in total. The monoisotopic (exact) mass is 609 g/mol. The zero-order chi connectivity index (χ0) is 31.1. The summed E-state index contributed by atoms with van der Waals surface area (Å²) in [6.07, 6.45) is 1.36. The van der Waals surface area contributed by atoms with Crippen molar-refractivity contribution in [1.29, 1.82) is 5.26 Å². The highest BCUT2D eigenvalue weighted by atomic mass is 32.2. The number of likely N-dealkylation sites (tertiary alicyclic amines) is 1. The van der Waals surface area contributed by atoms with E-state index in [2.05, 4.69) is 10.3 Å². The molecule has 1 saturated heterocycles. The van der Waals surface area contributed by atoms with Crippen LogP contribution in [0, 0.1) is 17.1 Å². The van der Waals surface area contributed by atoms with Crippen molar-refractivity contribution in [1.82, 2.24) is 15.2 Å². The molecule has 0 bridgehead atoms. The van der Waals surface area contributed by atoms with Gasteiger partial charge in [-0.05, 0) is 37.3 Å². The Morgan fingerprint density at radius 2 is 1.88 bits per heavy atom. The van der Waals surface area contributed by atoms with Crippen molar-refractivity contribution in [3.8, 4) is 23.4 Å². The number of ketones is 1. The number of hydrogen-bond donors (Lipinski definition) is 1. The Bertz CT molecular complexity index is 1820. The van der Waals surface area contributed by atoms with Gasteiger partial charge in [-0.2, -0.15) is 9.57 Å². The summed E-state index contributed by atoms with van der Waals surface area (Å²) in [7, 11) is -2.31. The lowest BCUT2D eigenvalue weighted by molar-refractivity contribution is -0.126. The molecule has 5 rings (SSSR count). The second-order valence-electron chi connectivity index (χ2n) is 9.42. The van der Waals surface area contributed by atoms with Gasteiger partial charge >= 0.3 is 6.03 Å². The summed E-state index contributed by atoms with van der Waals surface area (Å²) in [5.74, 6) is -2.64. The van der Waals surface area contributed by atoms with Gasteiger partial charge in [0.25, 0.3) is 15.9 Å². The number of carbonyl (C=O) groups is 3. The highest BCUT2D eigenvalue weighted by molar-refractivity contribution is 7.93. The maximum atomic E-state index is 15.2. The molecular formula is C28H24FN5O8S. The van der Waals surface area contributed by atoms with Gasteiger partial charge in [-0.25, -0.2) is 22.6 Å². The van der Waals surface area contributed by atoms with Crippen LogP contribution in [0.1, 0.15) is 23.6 Å². The van der Waals surface area contributed by atoms with Crippen molar-refractivity contribution in [3.63, 3.8) is 0 Å². The van der Waals surface area contributed by atoms with Crippen LogP contribution in [-0.2, 0) is 25.2 Å². The van der Waals surface area contributed by atoms with Crippen molar-refractivity contribution in [2.24, 2.45) is 0 Å². The van der Waals surface area contributed by atoms with Gasteiger partial charge in [-0.1, -0.05) is 0 Å². The molecular weight excluding hydrogens is 585 g/mol. The van der Waals surface area contributed by atoms with Crippen LogP contribution in [0.2, 0.25) is 0 Å². The van der Waals surface area contributed by atoms with Gasteiger partial charge in [-0.15, -0.1) is 0 Å². The van der Waals surface area contributed by atoms with Crippen molar-refractivity contribution in [2.45, 2.75) is 17.4 Å². The minimum absolute atomic E-state index is 0.0770. The molecule has 2 aliphatic heterocycles. The first-order valence-electron chi connectivity index (χ1n) is 12.8. The van der Waals surface area contributed by atoms with Crippen LogP contribution in [0.5, 0.6) is 17.4 Å². The lowest BCUT2D eigenvalue weighted by Crippen LogP contribution is -2.61. The number of carbonyl (C=O) groups excluding carboxylic acids is 3. The molecule has 15 heteroatoms. The Kier molecular flexibility index (Phi) is 7.40. The van der Waals surface area contributed by atoms with E-state index in [1.54, 1.807) is 13.0 Å². The molecule has 222 valence electrons. The lowest BCUT2D eigenvalue weighted by Gasteiger charge is -2.36. The van der Waals surface area contributed by atoms with Crippen molar-refractivity contribution in [2.75, 3.05) is 38.2 Å². The zero-order valence-electron chi connectivity index (χ0n) is 23.1. The van der Waals surface area contributed by atoms with Crippen molar-refractivity contribution < 1.29 is 41.4 Å². The Labute approximate surface area is 245 Å². The van der Waals surface area contributed by atoms with Gasteiger partial charge in [0.2, 0.25) is 5.88 Å². The largest absolute Gasteiger partial charge is 0.497 e. The number of nitriles is 1. The molecule has 0 aliphatic carbocycles. The van der Waals surface area contributed by atoms with E-state index in [1.807, 2.05) is 0 Å². The quantitative estimate of drug-likeness (QED) is 0.399. The Morgan fingerprint density at radius 1 is 1.14 bits per heavy atom. The standard InChI is InChI=1S/C28H24FN5O8S/c1-4-42-25-19(6-5-9-31-25)28(32-27(37)33-14-17(35)15-33)20-10-16(13-30)21(29)12-22(20)34(26(28)36)43(38,39)24-8-7-18(40-2)11-23(24)41-3/h5-12H,4,14-15H2,1-3H3,(H,32,37). The lowest BCUT2D eigenvalue weighted by atomic mass is 9.83. The fraction of sp³-hybridized carbons (Fsp3) is 0.250. The Morgan fingerprint density at radius 3 is 2.51 bits per heavy atom. The summed E-state index contributed by atoms with van der Waals surface area (Å²) in [5, 5.41) is 12.2. The molecule has 43 heavy (non-hydrogen) atoms. The van der Waals surface area contributed by atoms with Crippen LogP contribution < -0.4 is 23.8 Å². The molecule has 0 radical (unpaired) electrons. The highest BCUT2D eigenvalue weighted by Crippen LogP contribution is 2.50. The fourth-order valence-corrected chi connectivity index (χ4v) is 6.56. The minimum Gasteiger partial charge on any atom is -0.497 e. The van der Waals surface area contributed by atoms with E-state index in [4.69, 9.17) is 14.2 Å². The number of halogens is 1. The first kappa shape index (κ1) is 29.3. The van der Waals surface area contributed by atoms with E-state index >= 15 is 4.39 Å². The number of aromatic nitrogens is 1. The summed E-state index contributed by atoms with van der Waals surface area (Å²) in [4.78, 5) is 44.7. The number of anilines is 1. The van der Waals surface area contributed by atoms with Gasteiger partial charge in [0.1, 0.15) is 28.3 Å². The Balaban J connectivity index is 1.82. The summed E-state index contributed by atoms with van der Waals surface area (Å²) in [6.45, 7) is 1.24. The average Bonchev–Trinajstić information content (AvgIpc) is 3.22. The molecule has 1 fully saturated rings. The smallest absolute Gasteiger partial charge is 0.319 e. The van der Waals surface area contributed by atoms with Gasteiger partial charge in [0.15, 0.2) is 11.3 Å². The van der Waals surface area contributed by atoms with E-state index in [1.165, 1.54) is 44.7 Å². The summed E-state index contributed by atoms with van der Waals surface area (Å²) >= 11 is 0. The molecule has 0 saturated carbocycles. The number of hydrogen-bond acceptors (Lipinski definition) is 10. The van der Waals surface area contributed by atoms with Crippen LogP contribution in [0.4, 0.5) is 14.9 Å². The number of fused-ring (bicyclic) bond motifs is 1.